The normalized spacial score (nSPS) is 16.4. The molecule has 25 heavy (non-hydrogen) atoms. The number of hydrogen-bond acceptors (Lipinski definition) is 4. The Morgan fingerprint density at radius 2 is 1.80 bits per heavy atom. The maximum Gasteiger partial charge on any atom is 0.255 e. The first-order chi connectivity index (χ1) is 12.0. The van der Waals surface area contributed by atoms with E-state index in [0.717, 1.165) is 12.1 Å². The zero-order valence-electron chi connectivity index (χ0n) is 13.5. The number of aromatic nitrogens is 1. The van der Waals surface area contributed by atoms with Gasteiger partial charge in [-0.2, -0.15) is 4.31 Å². The molecule has 0 saturated carbocycles. The van der Waals surface area contributed by atoms with Gasteiger partial charge in [0.15, 0.2) is 0 Å². The lowest BCUT2D eigenvalue weighted by Crippen LogP contribution is -2.37. The maximum absolute atomic E-state index is 13.0. The van der Waals surface area contributed by atoms with Crippen molar-refractivity contribution in [3.8, 4) is 0 Å². The van der Waals surface area contributed by atoms with Crippen LogP contribution in [-0.4, -0.2) is 54.7 Å². The zero-order chi connectivity index (χ0) is 17.9. The van der Waals surface area contributed by atoms with E-state index in [1.807, 2.05) is 0 Å². The van der Waals surface area contributed by atoms with Gasteiger partial charge in [0, 0.05) is 38.6 Å². The van der Waals surface area contributed by atoms with Gasteiger partial charge in [-0.05, 0) is 42.8 Å². The van der Waals surface area contributed by atoms with Crippen LogP contribution in [0.3, 0.4) is 0 Å². The molecule has 2 aromatic rings. The Bertz CT molecular complexity index is 841. The minimum atomic E-state index is -3.70. The monoisotopic (exact) mass is 363 g/mol. The van der Waals surface area contributed by atoms with Crippen molar-refractivity contribution >= 4 is 15.9 Å². The summed E-state index contributed by atoms with van der Waals surface area (Å²) < 4.78 is 39.7. The molecule has 0 N–H and O–H groups in total. The molecular weight excluding hydrogens is 345 g/mol. The SMILES string of the molecule is O=C(c1cccnc1)N1CCCN(S(=O)(=O)c2ccc(F)cc2)CC1. The van der Waals surface area contributed by atoms with Gasteiger partial charge in [-0.25, -0.2) is 12.8 Å². The standard InChI is InChI=1S/C17H18FN3O3S/c18-15-4-6-16(7-5-15)25(23,24)21-10-2-9-20(11-12-21)17(22)14-3-1-8-19-13-14/h1,3-8,13H,2,9-12H2. The summed E-state index contributed by atoms with van der Waals surface area (Å²) >= 11 is 0. The van der Waals surface area contributed by atoms with E-state index in [4.69, 9.17) is 0 Å². The molecule has 1 amide bonds. The van der Waals surface area contributed by atoms with Crippen molar-refractivity contribution in [2.75, 3.05) is 26.2 Å². The number of halogens is 1. The van der Waals surface area contributed by atoms with Crippen LogP contribution in [0.25, 0.3) is 0 Å². The van der Waals surface area contributed by atoms with Gasteiger partial charge in [0.05, 0.1) is 10.5 Å². The molecule has 1 aliphatic heterocycles. The number of hydrogen-bond donors (Lipinski definition) is 0. The van der Waals surface area contributed by atoms with Crippen LogP contribution in [0.5, 0.6) is 0 Å². The molecule has 1 saturated heterocycles. The lowest BCUT2D eigenvalue weighted by molar-refractivity contribution is 0.0764. The van der Waals surface area contributed by atoms with Gasteiger partial charge < -0.3 is 4.90 Å². The van der Waals surface area contributed by atoms with Gasteiger partial charge in [0.2, 0.25) is 10.0 Å². The summed E-state index contributed by atoms with van der Waals surface area (Å²) in [5, 5.41) is 0. The lowest BCUT2D eigenvalue weighted by Gasteiger charge is -2.22. The van der Waals surface area contributed by atoms with E-state index in [2.05, 4.69) is 4.98 Å². The van der Waals surface area contributed by atoms with Gasteiger partial charge in [0.1, 0.15) is 5.82 Å². The highest BCUT2D eigenvalue weighted by atomic mass is 32.2. The number of rotatable bonds is 3. The summed E-state index contributed by atoms with van der Waals surface area (Å²) in [6.07, 6.45) is 3.63. The molecule has 0 aliphatic carbocycles. The van der Waals surface area contributed by atoms with Crippen molar-refractivity contribution < 1.29 is 17.6 Å². The second-order valence-corrected chi connectivity index (χ2v) is 7.68. The first-order valence-corrected chi connectivity index (χ1v) is 9.37. The second kappa shape index (κ2) is 7.28. The molecule has 1 aromatic heterocycles. The van der Waals surface area contributed by atoms with Crippen LogP contribution >= 0.6 is 0 Å². The minimum absolute atomic E-state index is 0.0564. The molecule has 6 nitrogen and oxygen atoms in total. The minimum Gasteiger partial charge on any atom is -0.337 e. The first kappa shape index (κ1) is 17.5. The topological polar surface area (TPSA) is 70.6 Å². The summed E-state index contributed by atoms with van der Waals surface area (Å²) in [4.78, 5) is 18.1. The van der Waals surface area contributed by atoms with Gasteiger partial charge in [0.25, 0.3) is 5.91 Å². The summed E-state index contributed by atoms with van der Waals surface area (Å²) in [5.74, 6) is -0.641. The summed E-state index contributed by atoms with van der Waals surface area (Å²) in [7, 11) is -3.70. The summed E-state index contributed by atoms with van der Waals surface area (Å²) in [6, 6.07) is 8.15. The molecule has 0 radical (unpaired) electrons. The van der Waals surface area contributed by atoms with Crippen LogP contribution < -0.4 is 0 Å². The van der Waals surface area contributed by atoms with Crippen LogP contribution in [0, 0.1) is 5.82 Å². The number of pyridine rings is 1. The Kier molecular flexibility index (Phi) is 5.10. The number of carbonyl (C=O) groups is 1. The highest BCUT2D eigenvalue weighted by Crippen LogP contribution is 2.18. The van der Waals surface area contributed by atoms with Crippen LogP contribution in [0.15, 0.2) is 53.7 Å². The molecule has 1 fully saturated rings. The third kappa shape index (κ3) is 3.85. The van der Waals surface area contributed by atoms with Crippen molar-refractivity contribution in [2.24, 2.45) is 0 Å². The number of sulfonamides is 1. The third-order valence-corrected chi connectivity index (χ3v) is 6.01. The smallest absolute Gasteiger partial charge is 0.255 e. The van der Waals surface area contributed by atoms with Crippen molar-refractivity contribution in [2.45, 2.75) is 11.3 Å². The Morgan fingerprint density at radius 1 is 1.04 bits per heavy atom. The zero-order valence-corrected chi connectivity index (χ0v) is 14.3. The average Bonchev–Trinajstić information content (AvgIpc) is 2.89. The van der Waals surface area contributed by atoms with Gasteiger partial charge in [-0.3, -0.25) is 9.78 Å². The van der Waals surface area contributed by atoms with E-state index in [1.54, 1.807) is 23.2 Å². The van der Waals surface area contributed by atoms with Crippen molar-refractivity contribution in [3.63, 3.8) is 0 Å². The average molecular weight is 363 g/mol. The van der Waals surface area contributed by atoms with Crippen molar-refractivity contribution in [1.29, 1.82) is 0 Å². The van der Waals surface area contributed by atoms with Crippen molar-refractivity contribution in [1.82, 2.24) is 14.2 Å². The quantitative estimate of drug-likeness (QED) is 0.833. The number of carbonyl (C=O) groups excluding carboxylic acids is 1. The van der Waals surface area contributed by atoms with E-state index >= 15 is 0 Å². The Morgan fingerprint density at radius 3 is 2.48 bits per heavy atom. The second-order valence-electron chi connectivity index (χ2n) is 5.75. The highest BCUT2D eigenvalue weighted by Gasteiger charge is 2.28. The molecule has 0 atom stereocenters. The van der Waals surface area contributed by atoms with E-state index < -0.39 is 15.8 Å². The van der Waals surface area contributed by atoms with Gasteiger partial charge in [-0.1, -0.05) is 0 Å². The molecule has 1 aromatic carbocycles. The molecule has 1 aliphatic rings. The lowest BCUT2D eigenvalue weighted by atomic mass is 10.2. The highest BCUT2D eigenvalue weighted by molar-refractivity contribution is 7.89. The van der Waals surface area contributed by atoms with Crippen molar-refractivity contribution in [3.05, 3.63) is 60.2 Å². The van der Waals surface area contributed by atoms with Crippen LogP contribution in [-0.2, 0) is 10.0 Å². The molecule has 132 valence electrons. The van der Waals surface area contributed by atoms with Gasteiger partial charge in [-0.15, -0.1) is 0 Å². The molecule has 8 heteroatoms. The number of nitrogens with zero attached hydrogens (tertiary/aromatic N) is 3. The summed E-state index contributed by atoms with van der Waals surface area (Å²) in [5.41, 5.74) is 0.484. The number of amides is 1. The largest absolute Gasteiger partial charge is 0.337 e. The fourth-order valence-corrected chi connectivity index (χ4v) is 4.23. The van der Waals surface area contributed by atoms with Crippen LogP contribution in [0.1, 0.15) is 16.8 Å². The predicted octanol–water partition coefficient (Wildman–Crippen LogP) is 1.76. The Balaban J connectivity index is 1.73. The van der Waals surface area contributed by atoms with E-state index in [9.17, 15) is 17.6 Å². The van der Waals surface area contributed by atoms with E-state index in [1.165, 1.54) is 22.6 Å². The molecule has 0 spiro atoms. The van der Waals surface area contributed by atoms with Crippen LogP contribution in [0.2, 0.25) is 0 Å². The fraction of sp³-hybridized carbons (Fsp3) is 0.294. The molecule has 0 bridgehead atoms. The Hall–Kier alpha value is -2.32. The molecular formula is C17H18FN3O3S. The summed E-state index contributed by atoms with van der Waals surface area (Å²) in [6.45, 7) is 1.29. The predicted molar refractivity (Wildman–Crippen MR) is 89.9 cm³/mol. The van der Waals surface area contributed by atoms with Gasteiger partial charge >= 0.3 is 0 Å². The fourth-order valence-electron chi connectivity index (χ4n) is 2.76. The van der Waals surface area contributed by atoms with E-state index in [0.29, 0.717) is 31.6 Å². The van der Waals surface area contributed by atoms with E-state index in [-0.39, 0.29) is 17.3 Å². The third-order valence-electron chi connectivity index (χ3n) is 4.10. The first-order valence-electron chi connectivity index (χ1n) is 7.93. The van der Waals surface area contributed by atoms with Crippen LogP contribution in [0.4, 0.5) is 4.39 Å². The molecule has 0 unspecified atom stereocenters. The Labute approximate surface area is 145 Å². The maximum atomic E-state index is 13.0. The number of benzene rings is 1. The molecule has 2 heterocycles. The molecule has 3 rings (SSSR count).